The van der Waals surface area contributed by atoms with Crippen LogP contribution < -0.4 is 5.32 Å². The van der Waals surface area contributed by atoms with Gasteiger partial charge in [0.15, 0.2) is 5.76 Å². The van der Waals surface area contributed by atoms with E-state index in [9.17, 15) is 4.79 Å². The fourth-order valence-electron chi connectivity index (χ4n) is 2.20. The molecule has 0 bridgehead atoms. The second-order valence-corrected chi connectivity index (χ2v) is 5.92. The molecule has 0 radical (unpaired) electrons. The Bertz CT molecular complexity index is 682. The highest BCUT2D eigenvalue weighted by molar-refractivity contribution is 5.76. The van der Waals surface area contributed by atoms with E-state index in [-0.39, 0.29) is 11.8 Å². The fourth-order valence-corrected chi connectivity index (χ4v) is 2.20. The van der Waals surface area contributed by atoms with E-state index >= 15 is 0 Å². The SMILES string of the molecule is COCCC(=O)NCCc1nc(C(C)C)ncc1-c1cc(C)no1. The third kappa shape index (κ3) is 4.86. The number of ether oxygens (including phenoxy) is 1. The van der Waals surface area contributed by atoms with E-state index in [1.165, 1.54) is 0 Å². The number of nitrogens with one attached hydrogen (secondary N) is 1. The lowest BCUT2D eigenvalue weighted by molar-refractivity contribution is -0.121. The first-order valence-electron chi connectivity index (χ1n) is 8.06. The molecule has 0 aliphatic heterocycles. The molecule has 130 valence electrons. The molecule has 1 amide bonds. The summed E-state index contributed by atoms with van der Waals surface area (Å²) in [5.74, 6) is 1.61. The Morgan fingerprint density at radius 3 is 2.83 bits per heavy atom. The summed E-state index contributed by atoms with van der Waals surface area (Å²) in [7, 11) is 1.58. The van der Waals surface area contributed by atoms with Crippen molar-refractivity contribution in [2.24, 2.45) is 0 Å². The predicted octanol–water partition coefficient (Wildman–Crippen LogP) is 2.26. The summed E-state index contributed by atoms with van der Waals surface area (Å²) in [4.78, 5) is 20.7. The maximum atomic E-state index is 11.7. The van der Waals surface area contributed by atoms with Gasteiger partial charge in [0, 0.05) is 44.7 Å². The van der Waals surface area contributed by atoms with Crippen molar-refractivity contribution in [3.8, 4) is 11.3 Å². The summed E-state index contributed by atoms with van der Waals surface area (Å²) in [5, 5.41) is 6.79. The zero-order chi connectivity index (χ0) is 17.5. The van der Waals surface area contributed by atoms with Gasteiger partial charge in [0.05, 0.1) is 23.6 Å². The normalized spacial score (nSPS) is 11.0. The molecule has 0 aromatic carbocycles. The third-order valence-electron chi connectivity index (χ3n) is 3.51. The Morgan fingerprint density at radius 2 is 2.21 bits per heavy atom. The average molecular weight is 332 g/mol. The smallest absolute Gasteiger partial charge is 0.222 e. The van der Waals surface area contributed by atoms with Crippen LogP contribution in [0, 0.1) is 6.92 Å². The number of aromatic nitrogens is 3. The van der Waals surface area contributed by atoms with Crippen LogP contribution in [-0.4, -0.2) is 41.3 Å². The molecule has 2 aromatic heterocycles. The number of aryl methyl sites for hydroxylation is 1. The summed E-state index contributed by atoms with van der Waals surface area (Å²) < 4.78 is 10.2. The van der Waals surface area contributed by atoms with Crippen molar-refractivity contribution >= 4 is 5.91 Å². The van der Waals surface area contributed by atoms with Crippen LogP contribution in [0.3, 0.4) is 0 Å². The Morgan fingerprint density at radius 1 is 1.42 bits per heavy atom. The second-order valence-electron chi connectivity index (χ2n) is 5.92. The number of methoxy groups -OCH3 is 1. The van der Waals surface area contributed by atoms with Crippen LogP contribution in [0.2, 0.25) is 0 Å². The molecule has 0 fully saturated rings. The minimum Gasteiger partial charge on any atom is -0.384 e. The van der Waals surface area contributed by atoms with Gasteiger partial charge in [-0.2, -0.15) is 0 Å². The van der Waals surface area contributed by atoms with Gasteiger partial charge < -0.3 is 14.6 Å². The number of nitrogens with zero attached hydrogens (tertiary/aromatic N) is 3. The highest BCUT2D eigenvalue weighted by Crippen LogP contribution is 2.24. The first-order chi connectivity index (χ1) is 11.5. The monoisotopic (exact) mass is 332 g/mol. The minimum absolute atomic E-state index is 0.0351. The Hall–Kier alpha value is -2.28. The molecular weight excluding hydrogens is 308 g/mol. The maximum Gasteiger partial charge on any atom is 0.222 e. The van der Waals surface area contributed by atoms with Crippen molar-refractivity contribution in [2.75, 3.05) is 20.3 Å². The summed E-state index contributed by atoms with van der Waals surface area (Å²) in [6.07, 6.45) is 2.71. The zero-order valence-electron chi connectivity index (χ0n) is 14.6. The van der Waals surface area contributed by atoms with Gasteiger partial charge in [-0.3, -0.25) is 4.79 Å². The van der Waals surface area contributed by atoms with Gasteiger partial charge in [0.1, 0.15) is 5.82 Å². The standard InChI is InChI=1S/C17H24N4O3/c1-11(2)17-19-10-13(15-9-12(3)21-24-15)14(20-17)5-7-18-16(22)6-8-23-4/h9-11H,5-8H2,1-4H3,(H,18,22). The van der Waals surface area contributed by atoms with E-state index < -0.39 is 0 Å². The first-order valence-corrected chi connectivity index (χ1v) is 8.06. The second kappa shape index (κ2) is 8.54. The maximum absolute atomic E-state index is 11.7. The average Bonchev–Trinajstić information content (AvgIpc) is 2.99. The van der Waals surface area contributed by atoms with Gasteiger partial charge in [0.25, 0.3) is 0 Å². The van der Waals surface area contributed by atoms with E-state index in [0.29, 0.717) is 31.8 Å². The number of amides is 1. The molecule has 0 aliphatic rings. The molecule has 0 unspecified atom stereocenters. The first kappa shape index (κ1) is 18.1. The highest BCUT2D eigenvalue weighted by Gasteiger charge is 2.15. The Kier molecular flexibility index (Phi) is 6.43. The molecule has 0 spiro atoms. The number of carbonyl (C=O) groups excluding carboxylic acids is 1. The van der Waals surface area contributed by atoms with E-state index in [2.05, 4.69) is 20.4 Å². The van der Waals surface area contributed by atoms with Crippen LogP contribution in [0.15, 0.2) is 16.8 Å². The third-order valence-corrected chi connectivity index (χ3v) is 3.51. The van der Waals surface area contributed by atoms with Crippen LogP contribution >= 0.6 is 0 Å². The van der Waals surface area contributed by atoms with Crippen LogP contribution in [0.5, 0.6) is 0 Å². The van der Waals surface area contributed by atoms with Gasteiger partial charge in [0.2, 0.25) is 5.91 Å². The number of hydrogen-bond donors (Lipinski definition) is 1. The van der Waals surface area contributed by atoms with Crippen molar-refractivity contribution in [1.29, 1.82) is 0 Å². The van der Waals surface area contributed by atoms with Crippen molar-refractivity contribution in [1.82, 2.24) is 20.4 Å². The zero-order valence-corrected chi connectivity index (χ0v) is 14.6. The van der Waals surface area contributed by atoms with Gasteiger partial charge in [-0.25, -0.2) is 9.97 Å². The van der Waals surface area contributed by atoms with E-state index in [1.54, 1.807) is 13.3 Å². The minimum atomic E-state index is -0.0351. The quantitative estimate of drug-likeness (QED) is 0.797. The lowest BCUT2D eigenvalue weighted by atomic mass is 10.1. The number of hydrogen-bond acceptors (Lipinski definition) is 6. The molecule has 24 heavy (non-hydrogen) atoms. The Balaban J connectivity index is 2.13. The molecule has 0 saturated heterocycles. The van der Waals surface area contributed by atoms with Gasteiger partial charge in [-0.1, -0.05) is 19.0 Å². The van der Waals surface area contributed by atoms with Gasteiger partial charge >= 0.3 is 0 Å². The molecule has 2 aromatic rings. The summed E-state index contributed by atoms with van der Waals surface area (Å²) in [5.41, 5.74) is 2.46. The lowest BCUT2D eigenvalue weighted by Crippen LogP contribution is -2.27. The molecule has 0 atom stereocenters. The van der Waals surface area contributed by atoms with Crippen molar-refractivity contribution in [3.63, 3.8) is 0 Å². The van der Waals surface area contributed by atoms with E-state index in [4.69, 9.17) is 9.26 Å². The van der Waals surface area contributed by atoms with Gasteiger partial charge in [-0.05, 0) is 6.92 Å². The lowest BCUT2D eigenvalue weighted by Gasteiger charge is -2.11. The van der Waals surface area contributed by atoms with Crippen LogP contribution in [0.4, 0.5) is 0 Å². The van der Waals surface area contributed by atoms with Crippen LogP contribution in [-0.2, 0) is 16.0 Å². The number of carbonyl (C=O) groups is 1. The van der Waals surface area contributed by atoms with Crippen molar-refractivity contribution in [2.45, 2.75) is 39.5 Å². The number of rotatable bonds is 8. The van der Waals surface area contributed by atoms with Crippen molar-refractivity contribution < 1.29 is 14.1 Å². The molecule has 0 aliphatic carbocycles. The summed E-state index contributed by atoms with van der Waals surface area (Å²) >= 11 is 0. The molecule has 2 heterocycles. The van der Waals surface area contributed by atoms with Crippen molar-refractivity contribution in [3.05, 3.63) is 29.5 Å². The van der Waals surface area contributed by atoms with Gasteiger partial charge in [-0.15, -0.1) is 0 Å². The van der Waals surface area contributed by atoms with Crippen LogP contribution in [0.25, 0.3) is 11.3 Å². The largest absolute Gasteiger partial charge is 0.384 e. The molecule has 7 heteroatoms. The molecule has 0 saturated carbocycles. The molecular formula is C17H24N4O3. The molecule has 2 rings (SSSR count). The summed E-state index contributed by atoms with van der Waals surface area (Å²) in [6.45, 7) is 6.87. The van der Waals surface area contributed by atoms with E-state index in [1.807, 2.05) is 26.8 Å². The predicted molar refractivity (Wildman–Crippen MR) is 89.6 cm³/mol. The molecule has 1 N–H and O–H groups in total. The fraction of sp³-hybridized carbons (Fsp3) is 0.529. The summed E-state index contributed by atoms with van der Waals surface area (Å²) in [6, 6.07) is 1.86. The van der Waals surface area contributed by atoms with Crippen LogP contribution in [0.1, 0.15) is 43.4 Å². The molecule has 7 nitrogen and oxygen atoms in total. The Labute approximate surface area is 141 Å². The highest BCUT2D eigenvalue weighted by atomic mass is 16.5. The topological polar surface area (TPSA) is 90.1 Å². The van der Waals surface area contributed by atoms with E-state index in [0.717, 1.165) is 22.8 Å².